The van der Waals surface area contributed by atoms with Crippen molar-refractivity contribution >= 4 is 33.9 Å². The molecule has 0 bridgehead atoms. The van der Waals surface area contributed by atoms with Crippen molar-refractivity contribution in [3.63, 3.8) is 0 Å². The lowest BCUT2D eigenvalue weighted by molar-refractivity contribution is -0.138. The SMILES string of the molecule is Cc1cc(Nc2cccc(OCCN3CCC(C(=O)Nc4ccccc4)CC3)c2C(F)(F)F)c2ccccc2n1. The summed E-state index contributed by atoms with van der Waals surface area (Å²) in [5.41, 5.74) is 1.80. The van der Waals surface area contributed by atoms with Crippen molar-refractivity contribution in [2.24, 2.45) is 5.92 Å². The predicted molar refractivity (Wildman–Crippen MR) is 151 cm³/mol. The summed E-state index contributed by atoms with van der Waals surface area (Å²) in [6.07, 6.45) is -3.25. The van der Waals surface area contributed by atoms with E-state index in [1.807, 2.05) is 54.6 Å². The fourth-order valence-corrected chi connectivity index (χ4v) is 5.07. The number of rotatable bonds is 8. The summed E-state index contributed by atoms with van der Waals surface area (Å²) in [7, 11) is 0. The highest BCUT2D eigenvalue weighted by Gasteiger charge is 2.37. The maximum absolute atomic E-state index is 14.3. The molecular weight excluding hydrogens is 517 g/mol. The molecular formula is C31H31F3N4O2. The van der Waals surface area contributed by atoms with Crippen LogP contribution in [0.5, 0.6) is 5.75 Å². The molecule has 9 heteroatoms. The normalized spacial score (nSPS) is 14.7. The topological polar surface area (TPSA) is 66.5 Å². The summed E-state index contributed by atoms with van der Waals surface area (Å²) < 4.78 is 48.6. The second-order valence-corrected chi connectivity index (χ2v) is 9.95. The van der Waals surface area contributed by atoms with Gasteiger partial charge in [-0.3, -0.25) is 14.7 Å². The molecule has 2 N–H and O–H groups in total. The molecule has 40 heavy (non-hydrogen) atoms. The Morgan fingerprint density at radius 1 is 0.975 bits per heavy atom. The fraction of sp³-hybridized carbons (Fsp3) is 0.290. The van der Waals surface area contributed by atoms with Gasteiger partial charge < -0.3 is 15.4 Å². The number of likely N-dealkylation sites (tertiary alicyclic amines) is 1. The Labute approximate surface area is 231 Å². The average molecular weight is 549 g/mol. The van der Waals surface area contributed by atoms with E-state index in [1.165, 1.54) is 12.1 Å². The molecule has 1 saturated heterocycles. The van der Waals surface area contributed by atoms with Gasteiger partial charge in [0.25, 0.3) is 0 Å². The molecule has 0 saturated carbocycles. The first-order chi connectivity index (χ1) is 19.3. The predicted octanol–water partition coefficient (Wildman–Crippen LogP) is 7.04. The Morgan fingerprint density at radius 2 is 1.70 bits per heavy atom. The highest BCUT2D eigenvalue weighted by atomic mass is 19.4. The average Bonchev–Trinajstić information content (AvgIpc) is 2.93. The number of carbonyl (C=O) groups excluding carboxylic acids is 1. The number of nitrogens with zero attached hydrogens (tertiary/aromatic N) is 2. The third kappa shape index (κ3) is 6.54. The number of alkyl halides is 3. The van der Waals surface area contributed by atoms with Crippen molar-refractivity contribution in [2.75, 3.05) is 36.9 Å². The van der Waals surface area contributed by atoms with Gasteiger partial charge in [-0.1, -0.05) is 42.5 Å². The number of amides is 1. The van der Waals surface area contributed by atoms with Gasteiger partial charge in [0.2, 0.25) is 5.91 Å². The van der Waals surface area contributed by atoms with Crippen molar-refractivity contribution in [1.29, 1.82) is 0 Å². The number of aromatic nitrogens is 1. The standard InChI is InChI=1S/C31H31F3N4O2/c1-21-20-27(24-10-5-6-11-25(24)35-21)37-26-12-7-13-28(29(26)31(32,33)34)40-19-18-38-16-14-22(15-17-38)30(39)36-23-8-3-2-4-9-23/h2-13,20,22H,14-19H2,1H3,(H,35,37)(H,36,39). The van der Waals surface area contributed by atoms with Crippen molar-refractivity contribution < 1.29 is 22.7 Å². The number of nitrogens with one attached hydrogen (secondary N) is 2. The molecule has 2 heterocycles. The summed E-state index contributed by atoms with van der Waals surface area (Å²) >= 11 is 0. The second-order valence-electron chi connectivity index (χ2n) is 9.95. The monoisotopic (exact) mass is 548 g/mol. The Bertz CT molecular complexity index is 1470. The number of fused-ring (bicyclic) bond motifs is 1. The molecule has 0 radical (unpaired) electrons. The highest BCUT2D eigenvalue weighted by Crippen LogP contribution is 2.43. The third-order valence-electron chi connectivity index (χ3n) is 7.09. The van der Waals surface area contributed by atoms with Crippen molar-refractivity contribution in [1.82, 2.24) is 9.88 Å². The summed E-state index contributed by atoms with van der Waals surface area (Å²) in [6, 6.07) is 22.7. The number of carbonyl (C=O) groups is 1. The summed E-state index contributed by atoms with van der Waals surface area (Å²) in [4.78, 5) is 19.2. The minimum absolute atomic E-state index is 0.00148. The van der Waals surface area contributed by atoms with Gasteiger partial charge >= 0.3 is 6.18 Å². The van der Waals surface area contributed by atoms with Crippen LogP contribution in [0.1, 0.15) is 24.1 Å². The number of pyridine rings is 1. The van der Waals surface area contributed by atoms with Gasteiger partial charge in [0, 0.05) is 34.9 Å². The van der Waals surface area contributed by atoms with Gasteiger partial charge in [0.05, 0.1) is 11.2 Å². The molecule has 208 valence electrons. The molecule has 1 aliphatic heterocycles. The molecule has 1 fully saturated rings. The van der Waals surface area contributed by atoms with E-state index >= 15 is 0 Å². The van der Waals surface area contributed by atoms with Crippen LogP contribution in [-0.4, -0.2) is 42.0 Å². The zero-order chi connectivity index (χ0) is 28.1. The number of anilines is 3. The van der Waals surface area contributed by atoms with E-state index in [-0.39, 0.29) is 29.9 Å². The van der Waals surface area contributed by atoms with Crippen molar-refractivity contribution in [3.8, 4) is 5.75 Å². The van der Waals surface area contributed by atoms with Crippen LogP contribution in [0.2, 0.25) is 0 Å². The minimum Gasteiger partial charge on any atom is -0.492 e. The molecule has 3 aromatic carbocycles. The maximum atomic E-state index is 14.3. The van der Waals surface area contributed by atoms with E-state index < -0.39 is 11.7 Å². The smallest absolute Gasteiger partial charge is 0.421 e. The Balaban J connectivity index is 1.22. The summed E-state index contributed by atoms with van der Waals surface area (Å²) in [5.74, 6) is -0.312. The molecule has 0 atom stereocenters. The lowest BCUT2D eigenvalue weighted by Gasteiger charge is -2.31. The second kappa shape index (κ2) is 12.0. The van der Waals surface area contributed by atoms with Gasteiger partial charge in [-0.2, -0.15) is 13.2 Å². The van der Waals surface area contributed by atoms with Crippen LogP contribution in [0.3, 0.4) is 0 Å². The summed E-state index contributed by atoms with van der Waals surface area (Å²) in [5, 5.41) is 6.67. The number of ether oxygens (including phenoxy) is 1. The number of halogens is 3. The molecule has 1 aliphatic rings. The third-order valence-corrected chi connectivity index (χ3v) is 7.09. The molecule has 0 spiro atoms. The molecule has 0 aliphatic carbocycles. The number of para-hydroxylation sites is 2. The number of aryl methyl sites for hydroxylation is 1. The molecule has 4 aromatic rings. The summed E-state index contributed by atoms with van der Waals surface area (Å²) in [6.45, 7) is 3.73. The van der Waals surface area contributed by atoms with Crippen LogP contribution in [-0.2, 0) is 11.0 Å². The van der Waals surface area contributed by atoms with E-state index in [1.54, 1.807) is 19.1 Å². The van der Waals surface area contributed by atoms with Crippen LogP contribution in [0, 0.1) is 12.8 Å². The van der Waals surface area contributed by atoms with E-state index in [4.69, 9.17) is 4.74 Å². The van der Waals surface area contributed by atoms with Gasteiger partial charge in [0.1, 0.15) is 17.9 Å². The minimum atomic E-state index is -4.62. The Hall–Kier alpha value is -4.11. The van der Waals surface area contributed by atoms with Crippen molar-refractivity contribution in [2.45, 2.75) is 25.9 Å². The van der Waals surface area contributed by atoms with E-state index in [0.717, 1.165) is 11.1 Å². The number of hydrogen-bond acceptors (Lipinski definition) is 5. The lowest BCUT2D eigenvalue weighted by atomic mass is 9.96. The van der Waals surface area contributed by atoms with E-state index in [0.29, 0.717) is 49.4 Å². The van der Waals surface area contributed by atoms with Crippen LogP contribution < -0.4 is 15.4 Å². The first-order valence-electron chi connectivity index (χ1n) is 13.3. The molecule has 1 aromatic heterocycles. The highest BCUT2D eigenvalue weighted by molar-refractivity contribution is 5.94. The molecule has 5 rings (SSSR count). The van der Waals surface area contributed by atoms with Crippen LogP contribution in [0.25, 0.3) is 10.9 Å². The Morgan fingerprint density at radius 3 is 2.45 bits per heavy atom. The zero-order valence-corrected chi connectivity index (χ0v) is 22.2. The molecule has 1 amide bonds. The first kappa shape index (κ1) is 27.5. The van der Waals surface area contributed by atoms with Crippen LogP contribution in [0.15, 0.2) is 78.9 Å². The van der Waals surface area contributed by atoms with Gasteiger partial charge in [-0.15, -0.1) is 0 Å². The quantitative estimate of drug-likeness (QED) is 0.247. The van der Waals surface area contributed by atoms with E-state index in [2.05, 4.69) is 20.5 Å². The lowest BCUT2D eigenvalue weighted by Crippen LogP contribution is -2.40. The van der Waals surface area contributed by atoms with Crippen molar-refractivity contribution in [3.05, 3.63) is 90.1 Å². The fourth-order valence-electron chi connectivity index (χ4n) is 5.07. The van der Waals surface area contributed by atoms with E-state index in [9.17, 15) is 18.0 Å². The van der Waals surface area contributed by atoms with Gasteiger partial charge in [-0.25, -0.2) is 0 Å². The maximum Gasteiger partial charge on any atom is 0.421 e. The number of hydrogen-bond donors (Lipinski definition) is 2. The largest absolute Gasteiger partial charge is 0.492 e. The van der Waals surface area contributed by atoms with Gasteiger partial charge in [0.15, 0.2) is 0 Å². The molecule has 0 unspecified atom stereocenters. The van der Waals surface area contributed by atoms with Gasteiger partial charge in [-0.05, 0) is 69.3 Å². The first-order valence-corrected chi connectivity index (χ1v) is 13.3. The Kier molecular flexibility index (Phi) is 8.21. The molecule has 6 nitrogen and oxygen atoms in total. The number of benzene rings is 3. The zero-order valence-electron chi connectivity index (χ0n) is 22.2. The van der Waals surface area contributed by atoms with Crippen LogP contribution in [0.4, 0.5) is 30.2 Å². The van der Waals surface area contributed by atoms with Crippen LogP contribution >= 0.6 is 0 Å². The number of piperidine rings is 1.